The Balaban J connectivity index is 2.71. The maximum Gasteiger partial charge on any atom is 0.0994 e. The lowest BCUT2D eigenvalue weighted by molar-refractivity contribution is 0.0457. The van der Waals surface area contributed by atoms with Gasteiger partial charge in [0.05, 0.1) is 17.2 Å². The van der Waals surface area contributed by atoms with Crippen LogP contribution in [0.25, 0.3) is 0 Å². The summed E-state index contributed by atoms with van der Waals surface area (Å²) in [5, 5.41) is 22.2. The smallest absolute Gasteiger partial charge is 0.0994 e. The summed E-state index contributed by atoms with van der Waals surface area (Å²) in [6.07, 6.45) is 1.46. The first kappa shape index (κ1) is 13.5. The van der Waals surface area contributed by atoms with Crippen LogP contribution in [-0.2, 0) is 0 Å². The largest absolute Gasteiger partial charge is 0.388 e. The van der Waals surface area contributed by atoms with Crippen molar-refractivity contribution < 1.29 is 5.11 Å². The van der Waals surface area contributed by atoms with E-state index in [0.717, 1.165) is 24.1 Å². The number of aryl methyl sites for hydroxylation is 1. The van der Waals surface area contributed by atoms with Gasteiger partial charge in [0.1, 0.15) is 0 Å². The zero-order chi connectivity index (χ0) is 12.9. The topological polar surface area (TPSA) is 56.0 Å². The average molecular weight is 232 g/mol. The van der Waals surface area contributed by atoms with Gasteiger partial charge in [-0.2, -0.15) is 5.26 Å². The molecule has 0 atom stereocenters. The highest BCUT2D eigenvalue weighted by Crippen LogP contribution is 2.18. The predicted octanol–water partition coefficient (Wildman–Crippen LogP) is 2.83. The average Bonchev–Trinajstić information content (AvgIpc) is 2.36. The minimum Gasteiger partial charge on any atom is -0.388 e. The number of nitrogens with one attached hydrogen (secondary N) is 1. The molecule has 2 N–H and O–H groups in total. The van der Waals surface area contributed by atoms with Gasteiger partial charge in [-0.3, -0.25) is 0 Å². The molecule has 1 rings (SSSR count). The summed E-state index contributed by atoms with van der Waals surface area (Å²) in [5.74, 6) is 0. The van der Waals surface area contributed by atoms with Gasteiger partial charge in [-0.05, 0) is 43.5 Å². The molecule has 92 valence electrons. The zero-order valence-corrected chi connectivity index (χ0v) is 10.7. The Hall–Kier alpha value is -1.53. The summed E-state index contributed by atoms with van der Waals surface area (Å²) < 4.78 is 0. The van der Waals surface area contributed by atoms with Crippen molar-refractivity contribution in [3.8, 4) is 6.07 Å². The van der Waals surface area contributed by atoms with Crippen molar-refractivity contribution in [2.75, 3.05) is 11.9 Å². The van der Waals surface area contributed by atoms with Crippen LogP contribution in [0.5, 0.6) is 0 Å². The molecule has 3 nitrogen and oxygen atoms in total. The van der Waals surface area contributed by atoms with Gasteiger partial charge in [0.15, 0.2) is 0 Å². The van der Waals surface area contributed by atoms with E-state index in [1.54, 1.807) is 6.07 Å². The lowest BCUT2D eigenvalue weighted by Crippen LogP contribution is -2.35. The van der Waals surface area contributed by atoms with E-state index in [1.165, 1.54) is 0 Å². The molecular formula is C14H20N2O. The lowest BCUT2D eigenvalue weighted by Gasteiger charge is -2.26. The Morgan fingerprint density at radius 3 is 2.47 bits per heavy atom. The number of hydrogen-bond donors (Lipinski definition) is 2. The fourth-order valence-corrected chi connectivity index (χ4v) is 1.67. The summed E-state index contributed by atoms with van der Waals surface area (Å²) in [7, 11) is 0. The van der Waals surface area contributed by atoms with Crippen molar-refractivity contribution in [1.29, 1.82) is 5.26 Å². The fraction of sp³-hybridized carbons (Fsp3) is 0.500. The molecule has 0 radical (unpaired) electrons. The fourth-order valence-electron chi connectivity index (χ4n) is 1.67. The predicted molar refractivity (Wildman–Crippen MR) is 69.9 cm³/mol. The van der Waals surface area contributed by atoms with Gasteiger partial charge in [0, 0.05) is 12.2 Å². The molecule has 1 aromatic carbocycles. The molecule has 0 aliphatic carbocycles. The van der Waals surface area contributed by atoms with Gasteiger partial charge < -0.3 is 10.4 Å². The molecule has 0 unspecified atom stereocenters. The normalized spacial score (nSPS) is 11.0. The first-order valence-electron chi connectivity index (χ1n) is 6.01. The lowest BCUT2D eigenvalue weighted by atomic mass is 9.97. The summed E-state index contributed by atoms with van der Waals surface area (Å²) in [4.78, 5) is 0. The minimum atomic E-state index is -0.651. The van der Waals surface area contributed by atoms with Crippen LogP contribution in [-0.4, -0.2) is 17.3 Å². The molecule has 17 heavy (non-hydrogen) atoms. The van der Waals surface area contributed by atoms with Crippen LogP contribution in [0.3, 0.4) is 0 Å². The van der Waals surface area contributed by atoms with Gasteiger partial charge in [0.2, 0.25) is 0 Å². The zero-order valence-electron chi connectivity index (χ0n) is 10.7. The number of hydrogen-bond acceptors (Lipinski definition) is 3. The number of anilines is 1. The van der Waals surface area contributed by atoms with Crippen LogP contribution in [0.2, 0.25) is 0 Å². The number of benzene rings is 1. The van der Waals surface area contributed by atoms with E-state index < -0.39 is 5.60 Å². The SMILES string of the molecule is CCC(O)(CC)CNc1ccc(C#N)c(C)c1. The molecule has 3 heteroatoms. The highest BCUT2D eigenvalue weighted by molar-refractivity contribution is 5.51. The Morgan fingerprint density at radius 2 is 2.00 bits per heavy atom. The van der Waals surface area contributed by atoms with Crippen molar-refractivity contribution in [3.05, 3.63) is 29.3 Å². The highest BCUT2D eigenvalue weighted by atomic mass is 16.3. The summed E-state index contributed by atoms with van der Waals surface area (Å²) in [6, 6.07) is 7.75. The third-order valence-corrected chi connectivity index (χ3v) is 3.28. The summed E-state index contributed by atoms with van der Waals surface area (Å²) >= 11 is 0. The van der Waals surface area contributed by atoms with Crippen molar-refractivity contribution in [3.63, 3.8) is 0 Å². The number of nitrogens with zero attached hydrogens (tertiary/aromatic N) is 1. The van der Waals surface area contributed by atoms with E-state index >= 15 is 0 Å². The van der Waals surface area contributed by atoms with E-state index in [9.17, 15) is 5.11 Å². The Labute approximate surface area is 103 Å². The maximum absolute atomic E-state index is 10.1. The van der Waals surface area contributed by atoms with Gasteiger partial charge in [-0.1, -0.05) is 13.8 Å². The summed E-state index contributed by atoms with van der Waals surface area (Å²) in [5.41, 5.74) is 1.94. The Kier molecular flexibility index (Phi) is 4.53. The molecule has 0 saturated heterocycles. The molecule has 0 amide bonds. The number of nitriles is 1. The van der Waals surface area contributed by atoms with Crippen molar-refractivity contribution >= 4 is 5.69 Å². The first-order chi connectivity index (χ1) is 8.04. The second kappa shape index (κ2) is 5.70. The molecular weight excluding hydrogens is 212 g/mol. The second-order valence-corrected chi connectivity index (χ2v) is 4.43. The van der Waals surface area contributed by atoms with Gasteiger partial charge in [-0.25, -0.2) is 0 Å². The number of aliphatic hydroxyl groups is 1. The molecule has 0 bridgehead atoms. The van der Waals surface area contributed by atoms with E-state index in [4.69, 9.17) is 5.26 Å². The van der Waals surface area contributed by atoms with Crippen molar-refractivity contribution in [2.24, 2.45) is 0 Å². The molecule has 1 aromatic rings. The van der Waals surface area contributed by atoms with Crippen LogP contribution in [0.1, 0.15) is 37.8 Å². The second-order valence-electron chi connectivity index (χ2n) is 4.43. The Morgan fingerprint density at radius 1 is 1.35 bits per heavy atom. The molecule has 0 saturated carbocycles. The van der Waals surface area contributed by atoms with Crippen LogP contribution >= 0.6 is 0 Å². The molecule has 0 aliphatic heterocycles. The third-order valence-electron chi connectivity index (χ3n) is 3.28. The molecule has 0 aliphatic rings. The molecule has 0 spiro atoms. The standard InChI is InChI=1S/C14H20N2O/c1-4-14(17,5-2)10-16-13-7-6-12(9-15)11(3)8-13/h6-8,16-17H,4-5,10H2,1-3H3. The van der Waals surface area contributed by atoms with E-state index in [2.05, 4.69) is 11.4 Å². The maximum atomic E-state index is 10.1. The minimum absolute atomic E-state index is 0.533. The Bertz CT molecular complexity index is 417. The van der Waals surface area contributed by atoms with Gasteiger partial charge >= 0.3 is 0 Å². The van der Waals surface area contributed by atoms with E-state index in [1.807, 2.05) is 32.9 Å². The van der Waals surface area contributed by atoms with Gasteiger partial charge in [-0.15, -0.1) is 0 Å². The number of rotatable bonds is 5. The van der Waals surface area contributed by atoms with Crippen LogP contribution in [0.15, 0.2) is 18.2 Å². The van der Waals surface area contributed by atoms with Crippen molar-refractivity contribution in [2.45, 2.75) is 39.2 Å². The van der Waals surface area contributed by atoms with E-state index in [0.29, 0.717) is 12.1 Å². The monoisotopic (exact) mass is 232 g/mol. The van der Waals surface area contributed by atoms with Crippen LogP contribution in [0.4, 0.5) is 5.69 Å². The third kappa shape index (κ3) is 3.47. The quantitative estimate of drug-likeness (QED) is 0.820. The van der Waals surface area contributed by atoms with Crippen LogP contribution < -0.4 is 5.32 Å². The van der Waals surface area contributed by atoms with E-state index in [-0.39, 0.29) is 0 Å². The van der Waals surface area contributed by atoms with Crippen LogP contribution in [0, 0.1) is 18.3 Å². The van der Waals surface area contributed by atoms with Gasteiger partial charge in [0.25, 0.3) is 0 Å². The molecule has 0 fully saturated rings. The first-order valence-corrected chi connectivity index (χ1v) is 6.01. The molecule has 0 aromatic heterocycles. The summed E-state index contributed by atoms with van der Waals surface area (Å²) in [6.45, 7) is 6.41. The van der Waals surface area contributed by atoms with Crippen molar-refractivity contribution in [1.82, 2.24) is 0 Å². The molecule has 0 heterocycles. The highest BCUT2D eigenvalue weighted by Gasteiger charge is 2.21.